The number of allylic oxidation sites excluding steroid dienone is 10. The van der Waals surface area contributed by atoms with E-state index in [0.717, 1.165) is 22.3 Å². The van der Waals surface area contributed by atoms with Crippen molar-refractivity contribution >= 4 is 0 Å². The highest BCUT2D eigenvalue weighted by molar-refractivity contribution is 5.59. The quantitative estimate of drug-likeness (QED) is 0.418. The maximum atomic E-state index is 6.07. The average Bonchev–Trinajstić information content (AvgIpc) is 3.02. The van der Waals surface area contributed by atoms with E-state index < -0.39 is 6.23 Å². The fourth-order valence-electron chi connectivity index (χ4n) is 2.27. The standard InChI is InChI=1S/C18H23NO.2C2H6.C2H4/c1-6-10-15(11-7-2)17(14(8-3)9-4)16-12-13(5)20-18(16)19;3*1-2/h6-11,18H,1,3,5,12,19H2,2,4H3;2*1-2H3;1-2H2/b11-7-,14-9+,15-10+,17-16-;;;. The van der Waals surface area contributed by atoms with E-state index in [0.29, 0.717) is 12.2 Å². The van der Waals surface area contributed by atoms with E-state index in [1.54, 1.807) is 6.08 Å². The second kappa shape index (κ2) is 19.0. The first-order valence-electron chi connectivity index (χ1n) is 9.17. The maximum Gasteiger partial charge on any atom is 0.170 e. The van der Waals surface area contributed by atoms with Crippen LogP contribution in [0.5, 0.6) is 0 Å². The summed E-state index contributed by atoms with van der Waals surface area (Å²) < 4.78 is 5.49. The minimum absolute atomic E-state index is 0.453. The predicted molar refractivity (Wildman–Crippen MR) is 121 cm³/mol. The monoisotopic (exact) mass is 357 g/mol. The van der Waals surface area contributed by atoms with Crippen LogP contribution in [-0.4, -0.2) is 6.23 Å². The largest absolute Gasteiger partial charge is 0.476 e. The Morgan fingerprint density at radius 2 is 1.62 bits per heavy atom. The molecule has 1 fully saturated rings. The minimum Gasteiger partial charge on any atom is -0.476 e. The predicted octanol–water partition coefficient (Wildman–Crippen LogP) is 7.18. The molecule has 0 aromatic rings. The molecule has 1 heterocycles. The summed E-state index contributed by atoms with van der Waals surface area (Å²) in [5.74, 6) is 0.697. The maximum absolute atomic E-state index is 6.07. The molecule has 0 aromatic heterocycles. The van der Waals surface area contributed by atoms with Crippen LogP contribution in [0, 0.1) is 0 Å². The second-order valence-corrected chi connectivity index (χ2v) is 4.46. The van der Waals surface area contributed by atoms with Crippen molar-refractivity contribution in [3.8, 4) is 0 Å². The molecule has 1 rings (SSSR count). The SMILES string of the molecule is C=C.C=C/C=C(\C=C/C)C(=C1/CC(=C)OC1N)/C(C=C)=C/C.CC.CC. The fraction of sp³-hybridized carbons (Fsp3) is 0.333. The van der Waals surface area contributed by atoms with Gasteiger partial charge in [-0.25, -0.2) is 0 Å². The zero-order valence-electron chi connectivity index (χ0n) is 17.8. The summed E-state index contributed by atoms with van der Waals surface area (Å²) in [5.41, 5.74) is 10.2. The van der Waals surface area contributed by atoms with Crippen LogP contribution in [0.3, 0.4) is 0 Å². The zero-order valence-corrected chi connectivity index (χ0v) is 17.8. The van der Waals surface area contributed by atoms with E-state index >= 15 is 0 Å². The lowest BCUT2D eigenvalue weighted by Crippen LogP contribution is -2.21. The Morgan fingerprint density at radius 1 is 1.08 bits per heavy atom. The molecule has 2 heteroatoms. The van der Waals surface area contributed by atoms with Crippen LogP contribution >= 0.6 is 0 Å². The molecule has 1 aliphatic heterocycles. The Morgan fingerprint density at radius 3 is 1.92 bits per heavy atom. The van der Waals surface area contributed by atoms with E-state index in [1.165, 1.54) is 0 Å². The van der Waals surface area contributed by atoms with E-state index in [2.05, 4.69) is 32.9 Å². The molecule has 0 aromatic carbocycles. The molecule has 1 unspecified atom stereocenters. The lowest BCUT2D eigenvalue weighted by atomic mass is 9.90. The van der Waals surface area contributed by atoms with Gasteiger partial charge in [0.15, 0.2) is 6.23 Å². The molecule has 146 valence electrons. The molecule has 0 bridgehead atoms. The molecular formula is C24H39NO. The molecule has 26 heavy (non-hydrogen) atoms. The molecular weight excluding hydrogens is 318 g/mol. The molecule has 0 amide bonds. The highest BCUT2D eigenvalue weighted by atomic mass is 16.5. The van der Waals surface area contributed by atoms with Crippen molar-refractivity contribution in [3.05, 3.63) is 97.4 Å². The van der Waals surface area contributed by atoms with Crippen molar-refractivity contribution in [1.82, 2.24) is 0 Å². The molecule has 0 aliphatic carbocycles. The summed E-state index contributed by atoms with van der Waals surface area (Å²) >= 11 is 0. The summed E-state index contributed by atoms with van der Waals surface area (Å²) in [7, 11) is 0. The molecule has 0 spiro atoms. The first kappa shape index (κ1) is 28.5. The number of nitrogens with two attached hydrogens (primary N) is 1. The van der Waals surface area contributed by atoms with Crippen LogP contribution in [0.25, 0.3) is 0 Å². The third-order valence-corrected chi connectivity index (χ3v) is 3.10. The van der Waals surface area contributed by atoms with Crippen molar-refractivity contribution in [2.75, 3.05) is 0 Å². The first-order chi connectivity index (χ1) is 12.6. The number of ether oxygens (including phenoxy) is 1. The van der Waals surface area contributed by atoms with Crippen molar-refractivity contribution in [2.24, 2.45) is 5.73 Å². The summed E-state index contributed by atoms with van der Waals surface area (Å²) in [6, 6.07) is 0. The van der Waals surface area contributed by atoms with Gasteiger partial charge in [-0.3, -0.25) is 5.73 Å². The molecule has 0 radical (unpaired) electrons. The van der Waals surface area contributed by atoms with Crippen LogP contribution in [0.1, 0.15) is 48.0 Å². The second-order valence-electron chi connectivity index (χ2n) is 4.46. The Hall–Kier alpha value is -2.32. The van der Waals surface area contributed by atoms with Gasteiger partial charge in [-0.1, -0.05) is 83.9 Å². The summed E-state index contributed by atoms with van der Waals surface area (Å²) in [5, 5.41) is 0. The van der Waals surface area contributed by atoms with Crippen LogP contribution in [-0.2, 0) is 4.74 Å². The van der Waals surface area contributed by atoms with Gasteiger partial charge in [-0.2, -0.15) is 0 Å². The molecule has 2 N–H and O–H groups in total. The Labute approximate surface area is 162 Å². The molecule has 1 saturated heterocycles. The molecule has 2 nitrogen and oxygen atoms in total. The van der Waals surface area contributed by atoms with E-state index in [4.69, 9.17) is 10.5 Å². The van der Waals surface area contributed by atoms with Gasteiger partial charge < -0.3 is 4.74 Å². The summed E-state index contributed by atoms with van der Waals surface area (Å²) in [6.07, 6.45) is 11.8. The van der Waals surface area contributed by atoms with E-state index in [1.807, 2.05) is 71.9 Å². The topological polar surface area (TPSA) is 35.2 Å². The number of hydrogen-bond donors (Lipinski definition) is 1. The molecule has 1 aliphatic rings. The summed E-state index contributed by atoms with van der Waals surface area (Å²) in [6.45, 7) is 29.5. The molecule has 0 saturated carbocycles. The van der Waals surface area contributed by atoms with Gasteiger partial charge in [0.25, 0.3) is 0 Å². The van der Waals surface area contributed by atoms with Crippen molar-refractivity contribution in [1.29, 1.82) is 0 Å². The average molecular weight is 358 g/mol. The van der Waals surface area contributed by atoms with Gasteiger partial charge in [0.2, 0.25) is 0 Å². The highest BCUT2D eigenvalue weighted by Gasteiger charge is 2.26. The Bertz CT molecular complexity index is 545. The van der Waals surface area contributed by atoms with Crippen molar-refractivity contribution in [2.45, 2.75) is 54.2 Å². The summed E-state index contributed by atoms with van der Waals surface area (Å²) in [4.78, 5) is 0. The van der Waals surface area contributed by atoms with Gasteiger partial charge in [-0.15, -0.1) is 13.2 Å². The smallest absolute Gasteiger partial charge is 0.170 e. The Kier molecular flexibility index (Phi) is 20.8. The third-order valence-electron chi connectivity index (χ3n) is 3.10. The first-order valence-corrected chi connectivity index (χ1v) is 9.17. The van der Waals surface area contributed by atoms with E-state index in [9.17, 15) is 0 Å². The van der Waals surface area contributed by atoms with Gasteiger partial charge >= 0.3 is 0 Å². The van der Waals surface area contributed by atoms with Crippen LogP contribution in [0.2, 0.25) is 0 Å². The van der Waals surface area contributed by atoms with Crippen molar-refractivity contribution in [3.63, 3.8) is 0 Å². The van der Waals surface area contributed by atoms with Gasteiger partial charge in [-0.05, 0) is 30.6 Å². The van der Waals surface area contributed by atoms with Crippen LogP contribution < -0.4 is 5.73 Å². The normalized spacial score (nSPS) is 18.3. The van der Waals surface area contributed by atoms with Crippen molar-refractivity contribution < 1.29 is 4.74 Å². The lowest BCUT2D eigenvalue weighted by molar-refractivity contribution is 0.187. The third kappa shape index (κ3) is 9.24. The van der Waals surface area contributed by atoms with Crippen LogP contribution in [0.15, 0.2) is 97.4 Å². The number of rotatable bonds is 5. The lowest BCUT2D eigenvalue weighted by Gasteiger charge is -2.16. The molecule has 1 atom stereocenters. The Balaban J connectivity index is -0.000000795. The van der Waals surface area contributed by atoms with Gasteiger partial charge in [0.05, 0.1) is 5.76 Å². The van der Waals surface area contributed by atoms with Gasteiger partial charge in [0.1, 0.15) is 0 Å². The van der Waals surface area contributed by atoms with Gasteiger partial charge in [0, 0.05) is 12.0 Å². The highest BCUT2D eigenvalue weighted by Crippen LogP contribution is 2.35. The minimum atomic E-state index is -0.453. The zero-order chi connectivity index (χ0) is 21.1. The van der Waals surface area contributed by atoms with E-state index in [-0.39, 0.29) is 0 Å². The number of hydrogen-bond acceptors (Lipinski definition) is 2. The van der Waals surface area contributed by atoms with Crippen LogP contribution in [0.4, 0.5) is 0 Å². The fourth-order valence-corrected chi connectivity index (χ4v) is 2.27.